The van der Waals surface area contributed by atoms with Crippen LogP contribution in [0.3, 0.4) is 0 Å². The number of hydrogen-bond acceptors (Lipinski definition) is 3. The fourth-order valence-electron chi connectivity index (χ4n) is 0.670. The summed E-state index contributed by atoms with van der Waals surface area (Å²) >= 11 is 7.18. The molecule has 2 nitrogen and oxygen atoms in total. The van der Waals surface area contributed by atoms with Crippen molar-refractivity contribution in [2.75, 3.05) is 0 Å². The largest absolute Gasteiger partial charge is 0.310 e. The topological polar surface area (TPSA) is 24.9 Å². The van der Waals surface area contributed by atoms with Gasteiger partial charge in [-0.1, -0.05) is 25.4 Å². The molecular weight excluding hydrogens is 215 g/mol. The highest BCUT2D eigenvalue weighted by molar-refractivity contribution is 7.15. The van der Waals surface area contributed by atoms with Crippen molar-refractivity contribution >= 4 is 35.3 Å². The van der Waals surface area contributed by atoms with E-state index in [9.17, 15) is 0 Å². The molecule has 70 valence electrons. The maximum Gasteiger partial charge on any atom is 0.183 e. The van der Waals surface area contributed by atoms with Crippen LogP contribution in [0.15, 0.2) is 6.20 Å². The highest BCUT2D eigenvalue weighted by Crippen LogP contribution is 2.17. The highest BCUT2D eigenvalue weighted by atomic mass is 35.5. The molecule has 0 saturated carbocycles. The number of thiazole rings is 1. The van der Waals surface area contributed by atoms with E-state index >= 15 is 0 Å². The predicted molar refractivity (Wildman–Crippen MR) is 56.3 cm³/mol. The first-order chi connectivity index (χ1) is 5.18. The Morgan fingerprint density at radius 2 is 2.33 bits per heavy atom. The van der Waals surface area contributed by atoms with E-state index in [0.29, 0.717) is 10.5 Å². The average molecular weight is 227 g/mol. The van der Waals surface area contributed by atoms with E-state index in [1.807, 2.05) is 6.20 Å². The maximum absolute atomic E-state index is 5.66. The second-order valence-corrected chi connectivity index (χ2v) is 4.31. The zero-order valence-electron chi connectivity index (χ0n) is 7.00. The van der Waals surface area contributed by atoms with E-state index in [1.54, 1.807) is 0 Å². The van der Waals surface area contributed by atoms with Crippen LogP contribution in [-0.2, 0) is 6.54 Å². The van der Waals surface area contributed by atoms with Crippen molar-refractivity contribution in [2.24, 2.45) is 0 Å². The number of rotatable bonds is 3. The van der Waals surface area contributed by atoms with Crippen molar-refractivity contribution in [3.05, 3.63) is 15.5 Å². The zero-order valence-corrected chi connectivity index (χ0v) is 9.39. The summed E-state index contributed by atoms with van der Waals surface area (Å²) < 4.78 is 0.616. The lowest BCUT2D eigenvalue weighted by molar-refractivity contribution is 0.593. The summed E-state index contributed by atoms with van der Waals surface area (Å²) in [7, 11) is 0. The van der Waals surface area contributed by atoms with Gasteiger partial charge in [0.15, 0.2) is 4.47 Å². The van der Waals surface area contributed by atoms with Crippen LogP contribution in [0.1, 0.15) is 18.7 Å². The lowest BCUT2D eigenvalue weighted by Crippen LogP contribution is -2.21. The van der Waals surface area contributed by atoms with Crippen LogP contribution in [0.25, 0.3) is 0 Å². The van der Waals surface area contributed by atoms with Crippen molar-refractivity contribution in [2.45, 2.75) is 26.4 Å². The second-order valence-electron chi connectivity index (χ2n) is 2.62. The Morgan fingerprint density at radius 1 is 1.67 bits per heavy atom. The van der Waals surface area contributed by atoms with Crippen LogP contribution in [0, 0.1) is 0 Å². The smallest absolute Gasteiger partial charge is 0.183 e. The molecule has 0 spiro atoms. The van der Waals surface area contributed by atoms with E-state index in [2.05, 4.69) is 24.1 Å². The molecule has 0 atom stereocenters. The lowest BCUT2D eigenvalue weighted by atomic mass is 10.4. The molecule has 1 aromatic rings. The van der Waals surface area contributed by atoms with Crippen molar-refractivity contribution in [1.82, 2.24) is 10.3 Å². The molecule has 1 aromatic heterocycles. The molecule has 0 saturated heterocycles. The van der Waals surface area contributed by atoms with Crippen LogP contribution in [-0.4, -0.2) is 11.0 Å². The van der Waals surface area contributed by atoms with E-state index in [0.717, 1.165) is 6.54 Å². The summed E-state index contributed by atoms with van der Waals surface area (Å²) in [4.78, 5) is 5.12. The SMILES string of the molecule is CC(C)NCc1cnc(Cl)s1.Cl. The normalized spacial score (nSPS) is 10.0. The highest BCUT2D eigenvalue weighted by Gasteiger charge is 1.99. The van der Waals surface area contributed by atoms with Gasteiger partial charge in [-0.2, -0.15) is 0 Å². The Morgan fingerprint density at radius 3 is 2.75 bits per heavy atom. The lowest BCUT2D eigenvalue weighted by Gasteiger charge is -2.04. The first-order valence-corrected chi connectivity index (χ1v) is 4.71. The van der Waals surface area contributed by atoms with E-state index in [1.165, 1.54) is 16.2 Å². The van der Waals surface area contributed by atoms with Crippen molar-refractivity contribution in [3.8, 4) is 0 Å². The third-order valence-corrected chi connectivity index (χ3v) is 2.32. The van der Waals surface area contributed by atoms with E-state index in [4.69, 9.17) is 11.6 Å². The van der Waals surface area contributed by atoms with Gasteiger partial charge in [-0.3, -0.25) is 0 Å². The Labute approximate surface area is 87.8 Å². The summed E-state index contributed by atoms with van der Waals surface area (Å²) in [6.45, 7) is 5.09. The third kappa shape index (κ3) is 4.26. The summed E-state index contributed by atoms with van der Waals surface area (Å²) in [5.41, 5.74) is 0. The predicted octanol–water partition coefficient (Wildman–Crippen LogP) is 2.72. The van der Waals surface area contributed by atoms with Crippen molar-refractivity contribution < 1.29 is 0 Å². The average Bonchev–Trinajstić information content (AvgIpc) is 2.31. The van der Waals surface area contributed by atoms with Gasteiger partial charge in [-0.15, -0.1) is 23.7 Å². The summed E-state index contributed by atoms with van der Waals surface area (Å²) in [5, 5.41) is 3.29. The molecule has 0 bridgehead atoms. The van der Waals surface area contributed by atoms with Gasteiger partial charge in [0.2, 0.25) is 0 Å². The van der Waals surface area contributed by atoms with Crippen LogP contribution < -0.4 is 5.32 Å². The third-order valence-electron chi connectivity index (χ3n) is 1.21. The van der Waals surface area contributed by atoms with E-state index in [-0.39, 0.29) is 12.4 Å². The number of nitrogens with zero attached hydrogens (tertiary/aromatic N) is 1. The maximum atomic E-state index is 5.66. The minimum Gasteiger partial charge on any atom is -0.310 e. The molecule has 0 fully saturated rings. The van der Waals surface area contributed by atoms with Gasteiger partial charge in [-0.25, -0.2) is 4.98 Å². The minimum atomic E-state index is 0. The quantitative estimate of drug-likeness (QED) is 0.858. The fourth-order valence-corrected chi connectivity index (χ4v) is 1.60. The van der Waals surface area contributed by atoms with Gasteiger partial charge in [0.1, 0.15) is 0 Å². The monoisotopic (exact) mass is 226 g/mol. The number of nitrogens with one attached hydrogen (secondary N) is 1. The standard InChI is InChI=1S/C7H11ClN2S.ClH/c1-5(2)9-3-6-4-10-7(8)11-6;/h4-5,9H,3H2,1-2H3;1H. The summed E-state index contributed by atoms with van der Waals surface area (Å²) in [6, 6.07) is 0.510. The van der Waals surface area contributed by atoms with Crippen molar-refractivity contribution in [3.63, 3.8) is 0 Å². The summed E-state index contributed by atoms with van der Waals surface area (Å²) in [5.74, 6) is 0. The van der Waals surface area contributed by atoms with Gasteiger partial charge in [0, 0.05) is 23.7 Å². The Bertz CT molecular complexity index is 225. The van der Waals surface area contributed by atoms with Gasteiger partial charge in [0.25, 0.3) is 0 Å². The minimum absolute atomic E-state index is 0. The number of halogens is 2. The van der Waals surface area contributed by atoms with Crippen molar-refractivity contribution in [1.29, 1.82) is 0 Å². The summed E-state index contributed by atoms with van der Waals surface area (Å²) in [6.07, 6.45) is 1.81. The Kier molecular flexibility index (Phi) is 5.84. The molecule has 0 aliphatic rings. The first kappa shape index (κ1) is 12.2. The Hall–Kier alpha value is 0.170. The second kappa shape index (κ2) is 5.75. The molecule has 0 amide bonds. The van der Waals surface area contributed by atoms with E-state index < -0.39 is 0 Å². The Balaban J connectivity index is 0.00000121. The number of aromatic nitrogens is 1. The molecular formula is C7H12Cl2N2S. The first-order valence-electron chi connectivity index (χ1n) is 3.52. The van der Waals surface area contributed by atoms with Crippen LogP contribution in [0.2, 0.25) is 4.47 Å². The van der Waals surface area contributed by atoms with Gasteiger partial charge >= 0.3 is 0 Å². The number of hydrogen-bond donors (Lipinski definition) is 1. The zero-order chi connectivity index (χ0) is 8.27. The molecule has 0 unspecified atom stereocenters. The van der Waals surface area contributed by atoms with Gasteiger partial charge in [0.05, 0.1) is 0 Å². The van der Waals surface area contributed by atoms with Crippen LogP contribution in [0.4, 0.5) is 0 Å². The molecule has 1 N–H and O–H groups in total. The molecule has 1 rings (SSSR count). The molecule has 0 aliphatic heterocycles. The van der Waals surface area contributed by atoms with Gasteiger partial charge < -0.3 is 5.32 Å². The fraction of sp³-hybridized carbons (Fsp3) is 0.571. The molecule has 0 aliphatic carbocycles. The van der Waals surface area contributed by atoms with Crippen LogP contribution >= 0.6 is 35.3 Å². The molecule has 0 radical (unpaired) electrons. The molecule has 12 heavy (non-hydrogen) atoms. The molecule has 0 aromatic carbocycles. The molecule has 1 heterocycles. The molecule has 5 heteroatoms. The van der Waals surface area contributed by atoms with Crippen LogP contribution in [0.5, 0.6) is 0 Å². The van der Waals surface area contributed by atoms with Gasteiger partial charge in [-0.05, 0) is 0 Å².